The quantitative estimate of drug-likeness (QED) is 0.619. The van der Waals surface area contributed by atoms with Gasteiger partial charge in [-0.3, -0.25) is 4.79 Å². The predicted octanol–water partition coefficient (Wildman–Crippen LogP) is 4.15. The molecule has 0 aromatic rings. The van der Waals surface area contributed by atoms with E-state index in [-0.39, 0.29) is 16.6 Å². The number of rotatable bonds is 3. The summed E-state index contributed by atoms with van der Waals surface area (Å²) in [6.45, 7) is 4.58. The maximum atomic E-state index is 11.9. The van der Waals surface area contributed by atoms with E-state index in [0.29, 0.717) is 31.1 Å². The van der Waals surface area contributed by atoms with Crippen LogP contribution in [0.4, 0.5) is 0 Å². The second-order valence-corrected chi connectivity index (χ2v) is 9.28. The predicted molar refractivity (Wildman–Crippen MR) is 96.9 cm³/mol. The van der Waals surface area contributed by atoms with Gasteiger partial charge in [0.15, 0.2) is 5.78 Å². The minimum atomic E-state index is -0.708. The molecule has 0 saturated heterocycles. The fourth-order valence-electron chi connectivity index (χ4n) is 6.67. The van der Waals surface area contributed by atoms with Gasteiger partial charge in [-0.05, 0) is 62.9 Å². The second kappa shape index (κ2) is 5.64. The first-order valence-corrected chi connectivity index (χ1v) is 9.94. The van der Waals surface area contributed by atoms with Gasteiger partial charge in [0.25, 0.3) is 0 Å². The fraction of sp³-hybridized carbons (Fsp3) is 0.727. The number of ketones is 1. The molecule has 0 bridgehead atoms. The molecule has 4 aliphatic carbocycles. The van der Waals surface area contributed by atoms with E-state index < -0.39 is 5.60 Å². The van der Waals surface area contributed by atoms with Gasteiger partial charge in [0.05, 0.1) is 5.60 Å². The summed E-state index contributed by atoms with van der Waals surface area (Å²) in [6, 6.07) is 0. The van der Waals surface area contributed by atoms with Crippen molar-refractivity contribution in [2.24, 2.45) is 22.7 Å². The average molecular weight is 342 g/mol. The molecule has 5 atom stereocenters. The zero-order chi connectivity index (χ0) is 17.9. The highest BCUT2D eigenvalue weighted by atomic mass is 16.3. The summed E-state index contributed by atoms with van der Waals surface area (Å²) in [4.78, 5) is 22.7. The van der Waals surface area contributed by atoms with E-state index in [0.717, 1.165) is 44.8 Å². The Bertz CT molecular complexity index is 675. The van der Waals surface area contributed by atoms with Crippen LogP contribution in [0.1, 0.15) is 71.6 Å². The van der Waals surface area contributed by atoms with Crippen LogP contribution in [0.2, 0.25) is 0 Å². The fourth-order valence-corrected chi connectivity index (χ4v) is 6.67. The molecule has 0 spiro atoms. The first-order valence-electron chi connectivity index (χ1n) is 9.94. The topological polar surface area (TPSA) is 54.4 Å². The molecule has 2 fully saturated rings. The van der Waals surface area contributed by atoms with Crippen molar-refractivity contribution in [2.45, 2.75) is 77.2 Å². The van der Waals surface area contributed by atoms with E-state index in [4.69, 9.17) is 0 Å². The molecule has 3 nitrogen and oxygen atoms in total. The molecule has 0 amide bonds. The Morgan fingerprint density at radius 2 is 2.04 bits per heavy atom. The summed E-state index contributed by atoms with van der Waals surface area (Å²) >= 11 is 0. The van der Waals surface area contributed by atoms with Crippen molar-refractivity contribution >= 4 is 12.1 Å². The van der Waals surface area contributed by atoms with E-state index in [1.807, 2.05) is 6.08 Å². The summed E-state index contributed by atoms with van der Waals surface area (Å²) in [5, 5.41) is 11.4. The lowest BCUT2D eigenvalue weighted by atomic mass is 9.50. The van der Waals surface area contributed by atoms with Crippen molar-refractivity contribution in [2.75, 3.05) is 0 Å². The maximum Gasteiger partial charge on any atom is 0.155 e. The number of hydrogen-bond acceptors (Lipinski definition) is 3. The van der Waals surface area contributed by atoms with Gasteiger partial charge in [0.2, 0.25) is 0 Å². The standard InChI is InChI=1S/C22H30O3/c1-20-10-6-16(24)14-15(20)4-5-17-18(20)7-11-21(2)19(17)8-12-22(21,25)9-3-13-23/h7,13-14,17,19,25H,3-6,8-12H2,1-2H3/t17?,19?,20-,21-,22-/m0/s1. The molecule has 1 N–H and O–H groups in total. The molecule has 4 rings (SSSR count). The Labute approximate surface area is 150 Å². The Morgan fingerprint density at radius 3 is 2.80 bits per heavy atom. The third kappa shape index (κ3) is 2.27. The molecule has 136 valence electrons. The number of carbonyl (C=O) groups is 2. The largest absolute Gasteiger partial charge is 0.389 e. The minimum Gasteiger partial charge on any atom is -0.389 e. The molecule has 3 heteroatoms. The molecular formula is C22H30O3. The summed E-state index contributed by atoms with van der Waals surface area (Å²) in [5.41, 5.74) is 2.11. The van der Waals surface area contributed by atoms with Gasteiger partial charge in [-0.1, -0.05) is 31.1 Å². The van der Waals surface area contributed by atoms with Gasteiger partial charge in [0, 0.05) is 23.7 Å². The lowest BCUT2D eigenvalue weighted by molar-refractivity contribution is -0.116. The maximum absolute atomic E-state index is 11.9. The summed E-state index contributed by atoms with van der Waals surface area (Å²) in [5.74, 6) is 1.32. The molecule has 25 heavy (non-hydrogen) atoms. The van der Waals surface area contributed by atoms with Gasteiger partial charge in [-0.25, -0.2) is 0 Å². The van der Waals surface area contributed by atoms with E-state index in [1.54, 1.807) is 5.57 Å². The number of aliphatic hydroxyl groups is 1. The highest BCUT2D eigenvalue weighted by Gasteiger charge is 2.61. The molecule has 4 aliphatic rings. The third-order valence-electron chi connectivity index (χ3n) is 8.33. The number of carbonyl (C=O) groups excluding carboxylic acids is 2. The van der Waals surface area contributed by atoms with Crippen LogP contribution in [0.3, 0.4) is 0 Å². The normalized spacial score (nSPS) is 45.8. The molecule has 0 aromatic carbocycles. The average Bonchev–Trinajstić information content (AvgIpc) is 2.85. The monoisotopic (exact) mass is 342 g/mol. The molecule has 2 saturated carbocycles. The van der Waals surface area contributed by atoms with Gasteiger partial charge >= 0.3 is 0 Å². The van der Waals surface area contributed by atoms with Crippen molar-refractivity contribution in [1.82, 2.24) is 0 Å². The van der Waals surface area contributed by atoms with Crippen LogP contribution >= 0.6 is 0 Å². The zero-order valence-corrected chi connectivity index (χ0v) is 15.5. The Kier molecular flexibility index (Phi) is 3.88. The van der Waals surface area contributed by atoms with Gasteiger partial charge < -0.3 is 9.90 Å². The Morgan fingerprint density at radius 1 is 1.24 bits per heavy atom. The summed E-state index contributed by atoms with van der Waals surface area (Å²) < 4.78 is 0. The molecule has 0 aromatic heterocycles. The van der Waals surface area contributed by atoms with Gasteiger partial charge in [-0.15, -0.1) is 0 Å². The molecule has 0 heterocycles. The highest BCUT2D eigenvalue weighted by Crippen LogP contribution is 2.66. The van der Waals surface area contributed by atoms with Crippen molar-refractivity contribution in [3.63, 3.8) is 0 Å². The number of allylic oxidation sites excluding steroid dienone is 4. The lowest BCUT2D eigenvalue weighted by Gasteiger charge is -2.55. The van der Waals surface area contributed by atoms with Crippen LogP contribution < -0.4 is 0 Å². The van der Waals surface area contributed by atoms with E-state index in [2.05, 4.69) is 19.9 Å². The van der Waals surface area contributed by atoms with Crippen LogP contribution in [0, 0.1) is 22.7 Å². The van der Waals surface area contributed by atoms with Crippen LogP contribution in [0.5, 0.6) is 0 Å². The van der Waals surface area contributed by atoms with Crippen molar-refractivity contribution in [3.05, 3.63) is 23.3 Å². The van der Waals surface area contributed by atoms with Crippen molar-refractivity contribution in [1.29, 1.82) is 0 Å². The first kappa shape index (κ1) is 17.2. The number of aldehydes is 1. The number of hydrogen-bond donors (Lipinski definition) is 1. The Balaban J connectivity index is 1.70. The minimum absolute atomic E-state index is 0.0572. The van der Waals surface area contributed by atoms with Crippen molar-refractivity contribution < 1.29 is 14.7 Å². The first-order chi connectivity index (χ1) is 11.8. The van der Waals surface area contributed by atoms with Crippen molar-refractivity contribution in [3.8, 4) is 0 Å². The van der Waals surface area contributed by atoms with Gasteiger partial charge in [-0.2, -0.15) is 0 Å². The molecule has 0 aliphatic heterocycles. The van der Waals surface area contributed by atoms with Crippen LogP contribution in [-0.4, -0.2) is 22.8 Å². The third-order valence-corrected chi connectivity index (χ3v) is 8.33. The highest BCUT2D eigenvalue weighted by molar-refractivity contribution is 5.92. The second-order valence-electron chi connectivity index (χ2n) is 9.28. The van der Waals surface area contributed by atoms with Gasteiger partial charge in [0.1, 0.15) is 6.29 Å². The number of fused-ring (bicyclic) bond motifs is 5. The zero-order valence-electron chi connectivity index (χ0n) is 15.5. The molecule has 2 unspecified atom stereocenters. The van der Waals surface area contributed by atoms with Crippen LogP contribution in [0.15, 0.2) is 23.3 Å². The lowest BCUT2D eigenvalue weighted by Crippen LogP contribution is -2.50. The molecular weight excluding hydrogens is 312 g/mol. The van der Waals surface area contributed by atoms with Crippen LogP contribution in [0.25, 0.3) is 0 Å². The van der Waals surface area contributed by atoms with E-state index >= 15 is 0 Å². The SMILES string of the molecule is C[C@]12CCC(=O)C=C1CCC1C2=CC[C@@]2(C)C1CC[C@@]2(O)CCC=O. The van der Waals surface area contributed by atoms with E-state index in [9.17, 15) is 14.7 Å². The molecule has 0 radical (unpaired) electrons. The van der Waals surface area contributed by atoms with Crippen LogP contribution in [-0.2, 0) is 9.59 Å². The smallest absolute Gasteiger partial charge is 0.155 e. The Hall–Kier alpha value is -1.22. The summed E-state index contributed by atoms with van der Waals surface area (Å²) in [6.07, 6.45) is 12.8. The summed E-state index contributed by atoms with van der Waals surface area (Å²) in [7, 11) is 0. The van der Waals surface area contributed by atoms with E-state index in [1.165, 1.54) is 5.57 Å².